The molecule has 3 aromatic carbocycles. The molecule has 1 saturated carbocycles. The summed E-state index contributed by atoms with van der Waals surface area (Å²) >= 11 is 0. The molecule has 40 heavy (non-hydrogen) atoms. The van der Waals surface area contributed by atoms with Crippen molar-refractivity contribution in [3.8, 4) is 17.0 Å². The van der Waals surface area contributed by atoms with E-state index in [2.05, 4.69) is 35.8 Å². The summed E-state index contributed by atoms with van der Waals surface area (Å²) in [6.07, 6.45) is 5.42. The average Bonchev–Trinajstić information content (AvgIpc) is 3.29. The van der Waals surface area contributed by atoms with Crippen LogP contribution in [0.25, 0.3) is 22.0 Å². The number of H-pyrrole nitrogens is 1. The summed E-state index contributed by atoms with van der Waals surface area (Å²) in [6, 6.07) is 21.8. The molecular formula is C32H37N3O4S. The highest BCUT2D eigenvalue weighted by Gasteiger charge is 2.22. The first-order valence-corrected chi connectivity index (χ1v) is 15.4. The first-order chi connectivity index (χ1) is 19.1. The zero-order chi connectivity index (χ0) is 28.3. The van der Waals surface area contributed by atoms with Gasteiger partial charge in [-0.05, 0) is 65.6 Å². The summed E-state index contributed by atoms with van der Waals surface area (Å²) in [4.78, 5) is 16.2. The van der Waals surface area contributed by atoms with Crippen molar-refractivity contribution < 1.29 is 17.9 Å². The van der Waals surface area contributed by atoms with Crippen molar-refractivity contribution in [1.29, 1.82) is 0 Å². The Morgan fingerprint density at radius 2 is 1.65 bits per heavy atom. The average molecular weight is 560 g/mol. The number of anilines is 1. The number of carbonyl (C=O) groups excluding carboxylic acids is 1. The maximum atomic E-state index is 13.2. The third kappa shape index (κ3) is 6.33. The molecule has 1 fully saturated rings. The fourth-order valence-electron chi connectivity index (χ4n) is 5.29. The molecular weight excluding hydrogens is 522 g/mol. The van der Waals surface area contributed by atoms with Crippen molar-refractivity contribution in [1.82, 2.24) is 10.3 Å². The van der Waals surface area contributed by atoms with E-state index in [0.717, 1.165) is 34.9 Å². The van der Waals surface area contributed by atoms with Gasteiger partial charge in [-0.2, -0.15) is 0 Å². The predicted octanol–water partition coefficient (Wildman–Crippen LogP) is 7.60. The molecule has 0 bridgehead atoms. The predicted molar refractivity (Wildman–Crippen MR) is 160 cm³/mol. The number of fused-ring (bicyclic) bond motifs is 1. The van der Waals surface area contributed by atoms with Crippen LogP contribution in [0, 0.1) is 5.92 Å². The number of amides is 1. The lowest BCUT2D eigenvalue weighted by Crippen LogP contribution is -2.32. The normalized spacial score (nSPS) is 14.7. The Balaban J connectivity index is 1.42. The highest BCUT2D eigenvalue weighted by Crippen LogP contribution is 2.39. The standard InChI is InChI=1S/C32H37N3O4S/c1-32(2,3)24-14-17-26(18-15-24)40(37,38)35-25-16-19-28-27(20-25)29(23-12-8-5-9-13-23)30(34-28)39-31(36)33-21-22-10-6-4-7-11-22/h5,8-9,12-20,22,34-35H,4,6-7,10-11,21H2,1-3H3,(H,33,36). The van der Waals surface area contributed by atoms with Crippen LogP contribution in [0.2, 0.25) is 0 Å². The van der Waals surface area contributed by atoms with Crippen molar-refractivity contribution in [3.63, 3.8) is 0 Å². The van der Waals surface area contributed by atoms with Gasteiger partial charge in [0.25, 0.3) is 10.0 Å². The molecule has 1 amide bonds. The summed E-state index contributed by atoms with van der Waals surface area (Å²) in [5.41, 5.74) is 3.67. The van der Waals surface area contributed by atoms with E-state index < -0.39 is 16.1 Å². The molecule has 0 spiro atoms. The molecule has 5 rings (SSSR count). The van der Waals surface area contributed by atoms with E-state index in [9.17, 15) is 13.2 Å². The summed E-state index contributed by atoms with van der Waals surface area (Å²) in [5, 5.41) is 3.67. The molecule has 7 nitrogen and oxygen atoms in total. The van der Waals surface area contributed by atoms with Crippen molar-refractivity contribution in [3.05, 3.63) is 78.4 Å². The van der Waals surface area contributed by atoms with E-state index in [1.54, 1.807) is 30.3 Å². The van der Waals surface area contributed by atoms with Crippen LogP contribution in [0.15, 0.2) is 77.7 Å². The number of sulfonamides is 1. The third-order valence-electron chi connectivity index (χ3n) is 7.56. The number of carbonyl (C=O) groups is 1. The Labute approximate surface area is 236 Å². The van der Waals surface area contributed by atoms with Crippen LogP contribution in [0.5, 0.6) is 5.88 Å². The van der Waals surface area contributed by atoms with Gasteiger partial charge in [-0.3, -0.25) is 4.72 Å². The second kappa shape index (κ2) is 11.4. The molecule has 3 N–H and O–H groups in total. The molecule has 1 aromatic heterocycles. The number of hydrogen-bond donors (Lipinski definition) is 3. The molecule has 8 heteroatoms. The number of rotatable bonds is 7. The molecule has 0 aliphatic heterocycles. The molecule has 4 aromatic rings. The lowest BCUT2D eigenvalue weighted by Gasteiger charge is -2.21. The maximum Gasteiger partial charge on any atom is 0.413 e. The summed E-state index contributed by atoms with van der Waals surface area (Å²) < 4.78 is 34.9. The fraction of sp³-hybridized carbons (Fsp3) is 0.344. The van der Waals surface area contributed by atoms with Crippen LogP contribution in [0.3, 0.4) is 0 Å². The van der Waals surface area contributed by atoms with Gasteiger partial charge in [0.15, 0.2) is 0 Å². The highest BCUT2D eigenvalue weighted by atomic mass is 32.2. The monoisotopic (exact) mass is 559 g/mol. The van der Waals surface area contributed by atoms with Gasteiger partial charge in [0, 0.05) is 23.1 Å². The second-order valence-electron chi connectivity index (χ2n) is 11.6. The van der Waals surface area contributed by atoms with E-state index in [1.165, 1.54) is 19.3 Å². The Morgan fingerprint density at radius 1 is 0.950 bits per heavy atom. The Bertz CT molecular complexity index is 1580. The lowest BCUT2D eigenvalue weighted by molar-refractivity contribution is 0.195. The largest absolute Gasteiger partial charge is 0.413 e. The highest BCUT2D eigenvalue weighted by molar-refractivity contribution is 7.92. The van der Waals surface area contributed by atoms with Crippen LogP contribution in [0.4, 0.5) is 10.5 Å². The van der Waals surface area contributed by atoms with Gasteiger partial charge >= 0.3 is 6.09 Å². The third-order valence-corrected chi connectivity index (χ3v) is 8.96. The summed E-state index contributed by atoms with van der Waals surface area (Å²) in [5.74, 6) is 0.804. The molecule has 1 heterocycles. The molecule has 1 aliphatic carbocycles. The minimum atomic E-state index is -3.81. The first-order valence-electron chi connectivity index (χ1n) is 13.9. The molecule has 0 saturated heterocycles. The van der Waals surface area contributed by atoms with Gasteiger partial charge in [-0.1, -0.05) is 82.5 Å². The van der Waals surface area contributed by atoms with Crippen molar-refractivity contribution in [2.75, 3.05) is 11.3 Å². The number of aromatic amines is 1. The van der Waals surface area contributed by atoms with Crippen LogP contribution >= 0.6 is 0 Å². The topological polar surface area (TPSA) is 100 Å². The zero-order valence-electron chi connectivity index (χ0n) is 23.3. The van der Waals surface area contributed by atoms with Crippen molar-refractivity contribution in [2.24, 2.45) is 5.92 Å². The fourth-order valence-corrected chi connectivity index (χ4v) is 6.34. The lowest BCUT2D eigenvalue weighted by atomic mass is 9.87. The molecule has 210 valence electrons. The number of benzene rings is 3. The molecule has 0 atom stereocenters. The number of ether oxygens (including phenoxy) is 1. The quantitative estimate of drug-likeness (QED) is 0.217. The number of aromatic nitrogens is 1. The van der Waals surface area contributed by atoms with E-state index in [1.807, 2.05) is 42.5 Å². The van der Waals surface area contributed by atoms with Gasteiger partial charge in [0.2, 0.25) is 5.88 Å². The smallest absolute Gasteiger partial charge is 0.393 e. The van der Waals surface area contributed by atoms with Crippen molar-refractivity contribution >= 4 is 32.7 Å². The minimum Gasteiger partial charge on any atom is -0.393 e. The zero-order valence-corrected chi connectivity index (χ0v) is 24.1. The minimum absolute atomic E-state index is 0.0740. The van der Waals surface area contributed by atoms with Crippen LogP contribution < -0.4 is 14.8 Å². The number of nitrogens with one attached hydrogen (secondary N) is 3. The van der Waals surface area contributed by atoms with Gasteiger partial charge < -0.3 is 15.0 Å². The van der Waals surface area contributed by atoms with E-state index in [4.69, 9.17) is 4.74 Å². The van der Waals surface area contributed by atoms with E-state index in [-0.39, 0.29) is 10.3 Å². The van der Waals surface area contributed by atoms with Gasteiger partial charge in [0.1, 0.15) is 0 Å². The Kier molecular flexibility index (Phi) is 7.90. The van der Waals surface area contributed by atoms with E-state index >= 15 is 0 Å². The van der Waals surface area contributed by atoms with Gasteiger partial charge in [-0.15, -0.1) is 0 Å². The van der Waals surface area contributed by atoms with Gasteiger partial charge in [-0.25, -0.2) is 13.2 Å². The second-order valence-corrected chi connectivity index (χ2v) is 13.3. The Hall–Kier alpha value is -3.78. The van der Waals surface area contributed by atoms with Crippen molar-refractivity contribution in [2.45, 2.75) is 63.2 Å². The summed E-state index contributed by atoms with van der Waals surface area (Å²) in [6.45, 7) is 6.86. The van der Waals surface area contributed by atoms with E-state index in [0.29, 0.717) is 29.6 Å². The first kappa shape index (κ1) is 27.8. The summed E-state index contributed by atoms with van der Waals surface area (Å²) in [7, 11) is -3.81. The molecule has 0 unspecified atom stereocenters. The SMILES string of the molecule is CC(C)(C)c1ccc(S(=O)(=O)Nc2ccc3[nH]c(OC(=O)NCC4CCCCC4)c(-c4ccccc4)c3c2)cc1. The molecule has 1 aliphatic rings. The van der Waals surface area contributed by atoms with Gasteiger partial charge in [0.05, 0.1) is 10.5 Å². The maximum absolute atomic E-state index is 13.2. The number of hydrogen-bond acceptors (Lipinski definition) is 4. The molecule has 0 radical (unpaired) electrons. The Morgan fingerprint density at radius 3 is 2.33 bits per heavy atom. The van der Waals surface area contributed by atoms with Crippen LogP contribution in [0.1, 0.15) is 58.4 Å². The van der Waals surface area contributed by atoms with Crippen LogP contribution in [-0.4, -0.2) is 26.0 Å². The van der Waals surface area contributed by atoms with Crippen LogP contribution in [-0.2, 0) is 15.4 Å².